The molecule has 1 aliphatic rings. The van der Waals surface area contributed by atoms with Crippen molar-refractivity contribution in [3.8, 4) is 17.2 Å². The maximum Gasteiger partial charge on any atom is 0.286 e. The van der Waals surface area contributed by atoms with Crippen LogP contribution in [-0.4, -0.2) is 57.5 Å². The van der Waals surface area contributed by atoms with E-state index in [0.717, 1.165) is 4.73 Å². The molecule has 0 amide bonds. The van der Waals surface area contributed by atoms with E-state index in [4.69, 9.17) is 14.2 Å². The van der Waals surface area contributed by atoms with Crippen molar-refractivity contribution in [3.63, 3.8) is 0 Å². The number of pyridine rings is 1. The van der Waals surface area contributed by atoms with E-state index in [1.807, 2.05) is 15.9 Å². The molecule has 3 aromatic rings. The van der Waals surface area contributed by atoms with Crippen molar-refractivity contribution in [1.29, 1.82) is 0 Å². The normalized spacial score (nSPS) is 14.1. The molecule has 1 N–H and O–H groups in total. The fraction of sp³-hybridized carbons (Fsp3) is 0.350. The second-order valence-corrected chi connectivity index (χ2v) is 6.79. The van der Waals surface area contributed by atoms with Gasteiger partial charge in [0, 0.05) is 12.1 Å². The first-order chi connectivity index (χ1) is 14.6. The first kappa shape index (κ1) is 19.6. The van der Waals surface area contributed by atoms with E-state index in [1.54, 1.807) is 18.2 Å². The number of benzene rings is 1. The zero-order valence-corrected chi connectivity index (χ0v) is 17.0. The summed E-state index contributed by atoms with van der Waals surface area (Å²) in [5.74, 6) is 2.14. The van der Waals surface area contributed by atoms with Crippen LogP contribution in [0, 0.1) is 5.21 Å². The fourth-order valence-electron chi connectivity index (χ4n) is 3.73. The van der Waals surface area contributed by atoms with Gasteiger partial charge >= 0.3 is 0 Å². The van der Waals surface area contributed by atoms with Gasteiger partial charge in [0.05, 0.1) is 46.1 Å². The molecule has 10 heteroatoms. The number of nitrogens with one attached hydrogen (secondary N) is 1. The Hall–Kier alpha value is -3.69. The van der Waals surface area contributed by atoms with Crippen molar-refractivity contribution in [2.24, 2.45) is 0 Å². The highest BCUT2D eigenvalue weighted by Gasteiger charge is 2.26. The van der Waals surface area contributed by atoms with E-state index >= 15 is 0 Å². The standard InChI is InChI=1S/C20H23N5O5/c1-28-14-12-13-16(18(30-3)17(14)29-2)19(26)22-20(21-13)24-10-8-23(9-11-24)15-6-4-5-7-25(15)27/h4-7,12H,8-11H2,1-3H3,(H,21,22,26). The minimum Gasteiger partial charge on any atom is -0.711 e. The SMILES string of the molecule is COc1cc2[nH]c(N3CCN(c4cccc[n+]4[O-])CC3)nc(=O)c2c(OC)c1OC. The van der Waals surface area contributed by atoms with Gasteiger partial charge < -0.3 is 29.3 Å². The van der Waals surface area contributed by atoms with Crippen LogP contribution in [0.2, 0.25) is 0 Å². The van der Waals surface area contributed by atoms with Gasteiger partial charge in [0.25, 0.3) is 11.4 Å². The lowest BCUT2D eigenvalue weighted by Crippen LogP contribution is -2.50. The highest BCUT2D eigenvalue weighted by atomic mass is 16.5. The van der Waals surface area contributed by atoms with Gasteiger partial charge in [-0.2, -0.15) is 4.98 Å². The van der Waals surface area contributed by atoms with Gasteiger partial charge in [0.15, 0.2) is 11.5 Å². The summed E-state index contributed by atoms with van der Waals surface area (Å²) in [6.07, 6.45) is 1.49. The molecular formula is C20H23N5O5. The van der Waals surface area contributed by atoms with Crippen molar-refractivity contribution < 1.29 is 18.9 Å². The highest BCUT2D eigenvalue weighted by Crippen LogP contribution is 2.41. The summed E-state index contributed by atoms with van der Waals surface area (Å²) in [5, 5.41) is 12.3. The van der Waals surface area contributed by atoms with E-state index in [2.05, 4.69) is 9.97 Å². The summed E-state index contributed by atoms with van der Waals surface area (Å²) < 4.78 is 17.0. The molecule has 3 heterocycles. The lowest BCUT2D eigenvalue weighted by molar-refractivity contribution is -0.592. The monoisotopic (exact) mass is 413 g/mol. The summed E-state index contributed by atoms with van der Waals surface area (Å²) in [6.45, 7) is 2.47. The molecule has 10 nitrogen and oxygen atoms in total. The molecule has 0 aliphatic carbocycles. The van der Waals surface area contributed by atoms with Gasteiger partial charge in [-0.1, -0.05) is 6.07 Å². The molecule has 0 unspecified atom stereocenters. The van der Waals surface area contributed by atoms with Gasteiger partial charge in [-0.25, -0.2) is 4.73 Å². The maximum absolute atomic E-state index is 12.8. The van der Waals surface area contributed by atoms with Crippen LogP contribution in [0.3, 0.4) is 0 Å². The average Bonchev–Trinajstić information content (AvgIpc) is 2.78. The molecule has 1 aromatic carbocycles. The molecule has 0 spiro atoms. The Kier molecular flexibility index (Phi) is 5.21. The molecule has 0 saturated carbocycles. The van der Waals surface area contributed by atoms with Crippen LogP contribution >= 0.6 is 0 Å². The maximum atomic E-state index is 12.8. The number of nitrogens with zero attached hydrogens (tertiary/aromatic N) is 4. The zero-order chi connectivity index (χ0) is 21.3. The first-order valence-corrected chi connectivity index (χ1v) is 9.48. The van der Waals surface area contributed by atoms with E-state index in [-0.39, 0.29) is 5.75 Å². The number of hydrogen-bond donors (Lipinski definition) is 1. The summed E-state index contributed by atoms with van der Waals surface area (Å²) in [5.41, 5.74) is 0.127. The number of fused-ring (bicyclic) bond motifs is 1. The minimum atomic E-state index is -0.417. The number of H-pyrrole nitrogens is 1. The molecular weight excluding hydrogens is 390 g/mol. The van der Waals surface area contributed by atoms with E-state index in [1.165, 1.54) is 27.5 Å². The Morgan fingerprint density at radius 3 is 2.37 bits per heavy atom. The largest absolute Gasteiger partial charge is 0.711 e. The number of methoxy groups -OCH3 is 3. The smallest absolute Gasteiger partial charge is 0.286 e. The number of hydrogen-bond acceptors (Lipinski definition) is 8. The molecule has 1 aliphatic heterocycles. The van der Waals surface area contributed by atoms with Gasteiger partial charge in [0.1, 0.15) is 18.5 Å². The van der Waals surface area contributed by atoms with Crippen LogP contribution in [-0.2, 0) is 0 Å². The number of aromatic nitrogens is 3. The van der Waals surface area contributed by atoms with Gasteiger partial charge in [0.2, 0.25) is 11.7 Å². The molecule has 30 heavy (non-hydrogen) atoms. The average molecular weight is 413 g/mol. The topological polar surface area (TPSA) is 107 Å². The van der Waals surface area contributed by atoms with Crippen molar-refractivity contribution in [2.75, 3.05) is 57.3 Å². The quantitative estimate of drug-likeness (QED) is 0.486. The van der Waals surface area contributed by atoms with Gasteiger partial charge in [-0.3, -0.25) is 9.69 Å². The molecule has 1 fully saturated rings. The second kappa shape index (κ2) is 7.97. The predicted molar refractivity (Wildman–Crippen MR) is 112 cm³/mol. The number of piperazine rings is 1. The molecule has 158 valence electrons. The number of aromatic amines is 1. The third kappa shape index (κ3) is 3.30. The predicted octanol–water partition coefficient (Wildman–Crippen LogP) is 0.909. The fourth-order valence-corrected chi connectivity index (χ4v) is 3.73. The Bertz CT molecular complexity index is 1120. The highest BCUT2D eigenvalue weighted by molar-refractivity contribution is 5.90. The minimum absolute atomic E-state index is 0.279. The lowest BCUT2D eigenvalue weighted by atomic mass is 10.2. The van der Waals surface area contributed by atoms with Crippen molar-refractivity contribution in [2.45, 2.75) is 0 Å². The summed E-state index contributed by atoms with van der Waals surface area (Å²) in [6, 6.07) is 7.04. The third-order valence-electron chi connectivity index (χ3n) is 5.20. The number of anilines is 2. The molecule has 2 aromatic heterocycles. The molecule has 0 radical (unpaired) electrons. The van der Waals surface area contributed by atoms with Crippen LogP contribution in [0.25, 0.3) is 10.9 Å². The lowest BCUT2D eigenvalue weighted by Gasteiger charge is -2.32. The van der Waals surface area contributed by atoms with Crippen LogP contribution in [0.15, 0.2) is 35.3 Å². The number of rotatable bonds is 5. The Balaban J connectivity index is 1.66. The summed E-state index contributed by atoms with van der Waals surface area (Å²) >= 11 is 0. The van der Waals surface area contributed by atoms with Crippen molar-refractivity contribution >= 4 is 22.7 Å². The zero-order valence-electron chi connectivity index (χ0n) is 17.0. The van der Waals surface area contributed by atoms with Gasteiger partial charge in [-0.05, 0) is 6.07 Å². The molecule has 1 saturated heterocycles. The molecule has 0 bridgehead atoms. The van der Waals surface area contributed by atoms with Crippen molar-refractivity contribution in [3.05, 3.63) is 46.0 Å². The van der Waals surface area contributed by atoms with E-state index < -0.39 is 5.56 Å². The number of ether oxygens (including phenoxy) is 3. The summed E-state index contributed by atoms with van der Waals surface area (Å²) in [4.78, 5) is 24.3. The van der Waals surface area contributed by atoms with Crippen LogP contribution in [0.5, 0.6) is 17.2 Å². The third-order valence-corrected chi connectivity index (χ3v) is 5.20. The van der Waals surface area contributed by atoms with E-state index in [0.29, 0.717) is 60.3 Å². The second-order valence-electron chi connectivity index (χ2n) is 6.79. The first-order valence-electron chi connectivity index (χ1n) is 9.48. The Labute approximate surface area is 172 Å². The van der Waals surface area contributed by atoms with E-state index in [9.17, 15) is 10.0 Å². The summed E-state index contributed by atoms with van der Waals surface area (Å²) in [7, 11) is 4.48. The van der Waals surface area contributed by atoms with Crippen LogP contribution in [0.4, 0.5) is 11.8 Å². The Morgan fingerprint density at radius 2 is 1.73 bits per heavy atom. The Morgan fingerprint density at radius 1 is 1.03 bits per heavy atom. The van der Waals surface area contributed by atoms with Gasteiger partial charge in [-0.15, -0.1) is 0 Å². The van der Waals surface area contributed by atoms with Crippen LogP contribution < -0.4 is 34.3 Å². The molecule has 4 rings (SSSR count). The van der Waals surface area contributed by atoms with Crippen molar-refractivity contribution in [1.82, 2.24) is 9.97 Å². The molecule has 0 atom stereocenters. The van der Waals surface area contributed by atoms with Crippen LogP contribution in [0.1, 0.15) is 0 Å².